The Balaban J connectivity index is 2.30. The monoisotopic (exact) mass is 278 g/mol. The average Bonchev–Trinajstić information content (AvgIpc) is 2.62. The van der Waals surface area contributed by atoms with Crippen LogP contribution in [0.25, 0.3) is 0 Å². The van der Waals surface area contributed by atoms with Gasteiger partial charge >= 0.3 is 0 Å². The van der Waals surface area contributed by atoms with Gasteiger partial charge in [-0.2, -0.15) is 0 Å². The van der Waals surface area contributed by atoms with Crippen molar-refractivity contribution in [2.24, 2.45) is 0 Å². The highest BCUT2D eigenvalue weighted by Gasteiger charge is 2.29. The molecule has 1 aromatic heterocycles. The maximum Gasteiger partial charge on any atom is 0.270 e. The molecule has 1 aliphatic heterocycles. The number of hydrogen-bond donors (Lipinski definition) is 1. The van der Waals surface area contributed by atoms with Crippen LogP contribution in [0.4, 0.5) is 0 Å². The fraction of sp³-hybridized carbons (Fsp3) is 0.600. The van der Waals surface area contributed by atoms with Crippen LogP contribution in [-0.4, -0.2) is 46.9 Å². The zero-order valence-electron chi connectivity index (χ0n) is 12.7. The van der Waals surface area contributed by atoms with Gasteiger partial charge in [-0.3, -0.25) is 9.59 Å². The number of carbonyl (C=O) groups excluding carboxylic acids is 2. The summed E-state index contributed by atoms with van der Waals surface area (Å²) >= 11 is 0. The molecule has 0 unspecified atom stereocenters. The zero-order valence-corrected chi connectivity index (χ0v) is 12.7. The largest absolute Gasteiger partial charge is 0.372 e. The number of aromatic nitrogens is 1. The number of rotatable bonds is 2. The number of amides is 1. The molecule has 1 aliphatic rings. The summed E-state index contributed by atoms with van der Waals surface area (Å²) in [6.45, 7) is 10.3. The Morgan fingerprint density at radius 1 is 1.20 bits per heavy atom. The Morgan fingerprint density at radius 3 is 2.20 bits per heavy atom. The van der Waals surface area contributed by atoms with E-state index in [0.717, 1.165) is 11.3 Å². The van der Waals surface area contributed by atoms with Gasteiger partial charge in [-0.25, -0.2) is 0 Å². The first-order chi connectivity index (χ1) is 9.31. The summed E-state index contributed by atoms with van der Waals surface area (Å²) in [5.41, 5.74) is 2.65. The summed E-state index contributed by atoms with van der Waals surface area (Å²) in [6, 6.07) is 0. The van der Waals surface area contributed by atoms with Crippen LogP contribution in [0, 0.1) is 13.8 Å². The van der Waals surface area contributed by atoms with E-state index >= 15 is 0 Å². The first kappa shape index (κ1) is 14.8. The maximum atomic E-state index is 12.6. The minimum Gasteiger partial charge on any atom is -0.372 e. The second-order valence-electron chi connectivity index (χ2n) is 5.65. The van der Waals surface area contributed by atoms with Gasteiger partial charge in [0, 0.05) is 24.3 Å². The summed E-state index contributed by atoms with van der Waals surface area (Å²) in [5, 5.41) is 0. The topological polar surface area (TPSA) is 62.4 Å². The van der Waals surface area contributed by atoms with Gasteiger partial charge in [0.1, 0.15) is 5.69 Å². The van der Waals surface area contributed by atoms with E-state index in [0.29, 0.717) is 24.3 Å². The molecule has 1 aromatic rings. The zero-order chi connectivity index (χ0) is 15.0. The lowest BCUT2D eigenvalue weighted by Gasteiger charge is -2.35. The number of ketones is 1. The summed E-state index contributed by atoms with van der Waals surface area (Å²) < 4.78 is 5.64. The van der Waals surface area contributed by atoms with Crippen molar-refractivity contribution in [3.05, 3.63) is 22.5 Å². The third-order valence-corrected chi connectivity index (χ3v) is 3.71. The molecule has 2 atom stereocenters. The van der Waals surface area contributed by atoms with Crippen molar-refractivity contribution in [3.8, 4) is 0 Å². The van der Waals surface area contributed by atoms with E-state index in [9.17, 15) is 9.59 Å². The Hall–Kier alpha value is -1.62. The van der Waals surface area contributed by atoms with Gasteiger partial charge in [-0.15, -0.1) is 0 Å². The molecule has 0 bridgehead atoms. The SMILES string of the molecule is CC(=O)c1c(C)[nH]c(C(=O)N2C[C@H](C)O[C@@H](C)C2)c1C. The Kier molecular flexibility index (Phi) is 3.99. The number of carbonyl (C=O) groups is 2. The number of nitrogens with one attached hydrogen (secondary N) is 1. The van der Waals surface area contributed by atoms with Crippen LogP contribution in [0.3, 0.4) is 0 Å². The predicted octanol–water partition coefficient (Wildman–Crippen LogP) is 2.08. The number of nitrogens with zero attached hydrogens (tertiary/aromatic N) is 1. The summed E-state index contributed by atoms with van der Waals surface area (Å²) in [5.74, 6) is -0.0703. The van der Waals surface area contributed by atoms with Gasteiger partial charge in [0.05, 0.1) is 12.2 Å². The third kappa shape index (κ3) is 2.63. The summed E-state index contributed by atoms with van der Waals surface area (Å²) in [4.78, 5) is 29.1. The minimum absolute atomic E-state index is 0.0148. The van der Waals surface area contributed by atoms with Crippen LogP contribution in [0.1, 0.15) is 52.9 Å². The first-order valence-corrected chi connectivity index (χ1v) is 6.96. The number of hydrogen-bond acceptors (Lipinski definition) is 3. The number of morpholine rings is 1. The van der Waals surface area contributed by atoms with Crippen LogP contribution in [0.2, 0.25) is 0 Å². The number of H-pyrrole nitrogens is 1. The highest BCUT2D eigenvalue weighted by Crippen LogP contribution is 2.21. The molecule has 2 rings (SSSR count). The molecule has 0 aliphatic carbocycles. The van der Waals surface area contributed by atoms with E-state index in [4.69, 9.17) is 4.74 Å². The number of ether oxygens (including phenoxy) is 1. The van der Waals surface area contributed by atoms with Gasteiger partial charge in [-0.1, -0.05) is 0 Å². The fourth-order valence-corrected chi connectivity index (χ4v) is 2.99. The van der Waals surface area contributed by atoms with E-state index in [1.807, 2.05) is 27.7 Å². The average molecular weight is 278 g/mol. The van der Waals surface area contributed by atoms with Crippen molar-refractivity contribution < 1.29 is 14.3 Å². The lowest BCUT2D eigenvalue weighted by molar-refractivity contribution is -0.0587. The summed E-state index contributed by atoms with van der Waals surface area (Å²) in [6.07, 6.45) is 0.0673. The van der Waals surface area contributed by atoms with E-state index in [1.54, 1.807) is 4.90 Å². The molecular weight excluding hydrogens is 256 g/mol. The minimum atomic E-state index is -0.0555. The molecule has 0 radical (unpaired) electrons. The molecule has 1 N–H and O–H groups in total. The van der Waals surface area contributed by atoms with E-state index in [2.05, 4.69) is 4.98 Å². The van der Waals surface area contributed by atoms with Crippen molar-refractivity contribution in [1.29, 1.82) is 0 Å². The molecule has 5 heteroatoms. The van der Waals surface area contributed by atoms with E-state index in [-0.39, 0.29) is 23.9 Å². The summed E-state index contributed by atoms with van der Waals surface area (Å²) in [7, 11) is 0. The molecular formula is C15H22N2O3. The van der Waals surface area contributed by atoms with E-state index in [1.165, 1.54) is 6.92 Å². The maximum absolute atomic E-state index is 12.6. The Morgan fingerprint density at radius 2 is 1.75 bits per heavy atom. The van der Waals surface area contributed by atoms with Gasteiger partial charge in [0.2, 0.25) is 0 Å². The van der Waals surface area contributed by atoms with E-state index < -0.39 is 0 Å². The van der Waals surface area contributed by atoms with Gasteiger partial charge in [0.25, 0.3) is 5.91 Å². The number of Topliss-reactive ketones (excluding diaryl/α,β-unsaturated/α-hetero) is 1. The lowest BCUT2D eigenvalue weighted by atomic mass is 10.1. The fourth-order valence-electron chi connectivity index (χ4n) is 2.99. The van der Waals surface area contributed by atoms with Gasteiger partial charge < -0.3 is 14.6 Å². The normalized spacial score (nSPS) is 22.9. The van der Waals surface area contributed by atoms with Crippen molar-refractivity contribution in [3.63, 3.8) is 0 Å². The molecule has 1 amide bonds. The van der Waals surface area contributed by atoms with Crippen molar-refractivity contribution in [2.45, 2.75) is 46.8 Å². The van der Waals surface area contributed by atoms with Crippen LogP contribution >= 0.6 is 0 Å². The van der Waals surface area contributed by atoms with Gasteiger partial charge in [0.15, 0.2) is 5.78 Å². The van der Waals surface area contributed by atoms with Crippen LogP contribution in [0.5, 0.6) is 0 Å². The highest BCUT2D eigenvalue weighted by atomic mass is 16.5. The van der Waals surface area contributed by atoms with Gasteiger partial charge in [-0.05, 0) is 40.2 Å². The molecule has 1 fully saturated rings. The predicted molar refractivity (Wildman–Crippen MR) is 76.2 cm³/mol. The molecule has 2 heterocycles. The molecule has 110 valence electrons. The smallest absolute Gasteiger partial charge is 0.270 e. The van der Waals surface area contributed by atoms with Crippen LogP contribution in [-0.2, 0) is 4.74 Å². The van der Waals surface area contributed by atoms with Crippen molar-refractivity contribution >= 4 is 11.7 Å². The van der Waals surface area contributed by atoms with Crippen molar-refractivity contribution in [2.75, 3.05) is 13.1 Å². The number of aromatic amines is 1. The Bertz CT molecular complexity index is 538. The molecule has 1 saturated heterocycles. The lowest BCUT2D eigenvalue weighted by Crippen LogP contribution is -2.48. The van der Waals surface area contributed by atoms with Crippen LogP contribution < -0.4 is 0 Å². The third-order valence-electron chi connectivity index (χ3n) is 3.71. The molecule has 20 heavy (non-hydrogen) atoms. The quantitative estimate of drug-likeness (QED) is 0.842. The second kappa shape index (κ2) is 5.40. The molecule has 5 nitrogen and oxygen atoms in total. The molecule has 0 spiro atoms. The molecule has 0 saturated carbocycles. The molecule has 0 aromatic carbocycles. The van der Waals surface area contributed by atoms with Crippen molar-refractivity contribution in [1.82, 2.24) is 9.88 Å². The number of aryl methyl sites for hydroxylation is 1. The first-order valence-electron chi connectivity index (χ1n) is 6.96. The van der Waals surface area contributed by atoms with Crippen LogP contribution in [0.15, 0.2) is 0 Å². The second-order valence-corrected chi connectivity index (χ2v) is 5.65. The Labute approximate surface area is 119 Å². The standard InChI is InChI=1S/C15H22N2O3/c1-8-6-17(7-9(2)20-8)15(19)14-10(3)13(12(5)18)11(4)16-14/h8-9,16H,6-7H2,1-5H3/t8-,9-/m0/s1. The highest BCUT2D eigenvalue weighted by molar-refractivity contribution is 6.02.